The van der Waals surface area contributed by atoms with Gasteiger partial charge >= 0.3 is 6.18 Å². The summed E-state index contributed by atoms with van der Waals surface area (Å²) in [6.07, 6.45) is 2.84. The fourth-order valence-electron chi connectivity index (χ4n) is 4.82. The van der Waals surface area contributed by atoms with Gasteiger partial charge in [0.2, 0.25) is 5.95 Å². The Morgan fingerprint density at radius 2 is 1.71 bits per heavy atom. The highest BCUT2D eigenvalue weighted by Crippen LogP contribution is 2.34. The third kappa shape index (κ3) is 5.26. The van der Waals surface area contributed by atoms with Gasteiger partial charge in [0.05, 0.1) is 11.3 Å². The Morgan fingerprint density at radius 1 is 1.00 bits per heavy atom. The minimum atomic E-state index is -4.75. The van der Waals surface area contributed by atoms with Gasteiger partial charge in [-0.15, -0.1) is 0 Å². The monoisotopic (exact) mass is 479 g/mol. The molecular weight excluding hydrogens is 450 g/mol. The summed E-state index contributed by atoms with van der Waals surface area (Å²) in [6, 6.07) is 1.88. The van der Waals surface area contributed by atoms with E-state index < -0.39 is 29.1 Å². The van der Waals surface area contributed by atoms with Crippen LogP contribution in [0.5, 0.6) is 0 Å². The van der Waals surface area contributed by atoms with Crippen LogP contribution < -0.4 is 15.5 Å². The van der Waals surface area contributed by atoms with Crippen LogP contribution in [0, 0.1) is 5.82 Å². The molecule has 1 aromatic carbocycles. The molecule has 4 rings (SSSR count). The molecule has 0 bridgehead atoms. The van der Waals surface area contributed by atoms with E-state index in [1.54, 1.807) is 0 Å². The average molecular weight is 480 g/mol. The van der Waals surface area contributed by atoms with Crippen LogP contribution in [0.25, 0.3) is 0 Å². The van der Waals surface area contributed by atoms with E-state index in [9.17, 15) is 22.4 Å². The van der Waals surface area contributed by atoms with Crippen LogP contribution in [0.4, 0.5) is 29.3 Å². The van der Waals surface area contributed by atoms with Gasteiger partial charge < -0.3 is 15.5 Å². The van der Waals surface area contributed by atoms with Gasteiger partial charge in [-0.3, -0.25) is 4.79 Å². The second kappa shape index (κ2) is 9.38. The molecule has 1 saturated carbocycles. The van der Waals surface area contributed by atoms with Gasteiger partial charge in [-0.2, -0.15) is 18.2 Å². The van der Waals surface area contributed by atoms with Crippen LogP contribution in [-0.4, -0.2) is 35.6 Å². The van der Waals surface area contributed by atoms with Crippen molar-refractivity contribution in [3.8, 4) is 0 Å². The van der Waals surface area contributed by atoms with E-state index >= 15 is 0 Å². The zero-order valence-corrected chi connectivity index (χ0v) is 19.4. The number of carbonyl (C=O) groups excluding carboxylic acids is 1. The number of aromatic nitrogens is 2. The van der Waals surface area contributed by atoms with E-state index in [2.05, 4.69) is 10.6 Å². The standard InChI is InChI=1S/C24H29F4N5O/c1-33(2)20-18-8-4-5-9-19(18)29-22(30-20)32-23(10-6-3-7-11-23)31-21(34)15-12-16(24(26,27)28)14-17(25)13-15/h12-14H,3-11H2,1-2H3,(H,31,34)(H,29,30,32). The minimum Gasteiger partial charge on any atom is -0.362 e. The lowest BCUT2D eigenvalue weighted by Crippen LogP contribution is -2.56. The Balaban J connectivity index is 1.64. The van der Waals surface area contributed by atoms with Crippen molar-refractivity contribution in [1.29, 1.82) is 0 Å². The number of alkyl halides is 3. The van der Waals surface area contributed by atoms with Crippen LogP contribution in [0.3, 0.4) is 0 Å². The highest BCUT2D eigenvalue weighted by atomic mass is 19.4. The average Bonchev–Trinajstić information content (AvgIpc) is 2.78. The molecule has 6 nitrogen and oxygen atoms in total. The predicted molar refractivity (Wildman–Crippen MR) is 121 cm³/mol. The molecule has 2 aliphatic rings. The molecule has 2 N–H and O–H groups in total. The van der Waals surface area contributed by atoms with Crippen molar-refractivity contribution in [3.05, 3.63) is 46.4 Å². The van der Waals surface area contributed by atoms with E-state index in [0.29, 0.717) is 30.9 Å². The summed E-state index contributed by atoms with van der Waals surface area (Å²) < 4.78 is 53.3. The number of fused-ring (bicyclic) bond motifs is 1. The first-order valence-corrected chi connectivity index (χ1v) is 11.6. The molecule has 184 valence electrons. The first kappa shape index (κ1) is 24.2. The minimum absolute atomic E-state index is 0.376. The number of hydrogen-bond acceptors (Lipinski definition) is 5. The van der Waals surface area contributed by atoms with Crippen LogP contribution in [-0.2, 0) is 19.0 Å². The molecule has 34 heavy (non-hydrogen) atoms. The maximum absolute atomic E-state index is 13.9. The molecule has 0 radical (unpaired) electrons. The lowest BCUT2D eigenvalue weighted by Gasteiger charge is -2.39. The molecule has 2 aliphatic carbocycles. The van der Waals surface area contributed by atoms with Gasteiger partial charge in [-0.1, -0.05) is 6.42 Å². The van der Waals surface area contributed by atoms with Gasteiger partial charge in [0, 0.05) is 25.2 Å². The number of hydrogen-bond donors (Lipinski definition) is 2. The normalized spacial score (nSPS) is 17.6. The third-order valence-corrected chi connectivity index (χ3v) is 6.48. The Hall–Kier alpha value is -2.91. The summed E-state index contributed by atoms with van der Waals surface area (Å²) in [7, 11) is 3.84. The molecule has 1 aromatic heterocycles. The fourth-order valence-corrected chi connectivity index (χ4v) is 4.82. The number of nitrogens with one attached hydrogen (secondary N) is 2. The molecular formula is C24H29F4N5O. The SMILES string of the molecule is CN(C)c1nc(NC2(NC(=O)c3cc(F)cc(C(F)(F)F)c3)CCCCC2)nc2c1CCCC2. The van der Waals surface area contributed by atoms with Crippen molar-refractivity contribution in [3.63, 3.8) is 0 Å². The Labute approximate surface area is 196 Å². The maximum Gasteiger partial charge on any atom is 0.416 e. The second-order valence-electron chi connectivity index (χ2n) is 9.35. The third-order valence-electron chi connectivity index (χ3n) is 6.48. The van der Waals surface area contributed by atoms with Crippen LogP contribution in [0.15, 0.2) is 18.2 Å². The van der Waals surface area contributed by atoms with E-state index in [0.717, 1.165) is 68.1 Å². The quantitative estimate of drug-likeness (QED) is 0.462. The number of amides is 1. The number of anilines is 2. The van der Waals surface area contributed by atoms with E-state index in [1.807, 2.05) is 19.0 Å². The molecule has 0 atom stereocenters. The highest BCUT2D eigenvalue weighted by molar-refractivity contribution is 5.95. The van der Waals surface area contributed by atoms with Crippen molar-refractivity contribution >= 4 is 17.7 Å². The number of nitrogens with zero attached hydrogens (tertiary/aromatic N) is 3. The van der Waals surface area contributed by atoms with Crippen LogP contribution in [0.1, 0.15) is 72.1 Å². The lowest BCUT2D eigenvalue weighted by atomic mass is 9.88. The van der Waals surface area contributed by atoms with Crippen molar-refractivity contribution in [2.75, 3.05) is 24.3 Å². The molecule has 10 heteroatoms. The summed E-state index contributed by atoms with van der Waals surface area (Å²) in [6.45, 7) is 0. The highest BCUT2D eigenvalue weighted by Gasteiger charge is 2.37. The molecule has 1 amide bonds. The number of halogens is 4. The molecule has 0 saturated heterocycles. The van der Waals surface area contributed by atoms with Gasteiger partial charge in [0.15, 0.2) is 0 Å². The van der Waals surface area contributed by atoms with Gasteiger partial charge in [-0.25, -0.2) is 9.37 Å². The molecule has 2 aromatic rings. The molecule has 1 fully saturated rings. The summed E-state index contributed by atoms with van der Waals surface area (Å²) >= 11 is 0. The van der Waals surface area contributed by atoms with Gasteiger partial charge in [-0.05, 0) is 69.6 Å². The zero-order valence-electron chi connectivity index (χ0n) is 19.4. The summed E-state index contributed by atoms with van der Waals surface area (Å²) in [5.74, 6) is -0.685. The summed E-state index contributed by atoms with van der Waals surface area (Å²) in [5, 5.41) is 6.16. The number of rotatable bonds is 5. The van der Waals surface area contributed by atoms with E-state index in [4.69, 9.17) is 9.97 Å². The summed E-state index contributed by atoms with van der Waals surface area (Å²) in [4.78, 5) is 24.4. The topological polar surface area (TPSA) is 70.2 Å². The van der Waals surface area contributed by atoms with Crippen molar-refractivity contribution in [2.45, 2.75) is 69.6 Å². The predicted octanol–water partition coefficient (Wildman–Crippen LogP) is 5.08. The van der Waals surface area contributed by atoms with Gasteiger partial charge in [0.25, 0.3) is 5.91 Å². The lowest BCUT2D eigenvalue weighted by molar-refractivity contribution is -0.137. The largest absolute Gasteiger partial charge is 0.416 e. The number of aryl methyl sites for hydroxylation is 1. The van der Waals surface area contributed by atoms with E-state index in [-0.39, 0.29) is 5.56 Å². The summed E-state index contributed by atoms with van der Waals surface area (Å²) in [5.41, 5.74) is -0.406. The Bertz CT molecular complexity index is 1060. The Kier molecular flexibility index (Phi) is 6.69. The van der Waals surface area contributed by atoms with Crippen molar-refractivity contribution in [1.82, 2.24) is 15.3 Å². The van der Waals surface area contributed by atoms with E-state index in [1.165, 1.54) is 0 Å². The first-order chi connectivity index (χ1) is 16.1. The number of benzene rings is 1. The molecule has 1 heterocycles. The second-order valence-corrected chi connectivity index (χ2v) is 9.35. The molecule has 0 unspecified atom stereocenters. The van der Waals surface area contributed by atoms with Crippen molar-refractivity contribution < 1.29 is 22.4 Å². The maximum atomic E-state index is 13.9. The van der Waals surface area contributed by atoms with Gasteiger partial charge in [0.1, 0.15) is 17.3 Å². The Morgan fingerprint density at radius 3 is 2.38 bits per heavy atom. The molecule has 0 spiro atoms. The van der Waals surface area contributed by atoms with Crippen LogP contribution >= 0.6 is 0 Å². The number of carbonyl (C=O) groups is 1. The van der Waals surface area contributed by atoms with Crippen LogP contribution in [0.2, 0.25) is 0 Å². The van der Waals surface area contributed by atoms with Crippen molar-refractivity contribution in [2.24, 2.45) is 0 Å². The molecule has 0 aliphatic heterocycles. The zero-order chi connectivity index (χ0) is 24.5. The first-order valence-electron chi connectivity index (χ1n) is 11.6. The smallest absolute Gasteiger partial charge is 0.362 e. The fraction of sp³-hybridized carbons (Fsp3) is 0.542.